The standard InChI is InChI=1S/C19H13N3O3S3/c23-16(21-18-20-8-9-27-18)11-22-17(24)15(28-19(22)26)10-13-6-7-14(25-13)12-4-2-1-3-5-12/h1-10H,11H2,(H,20,21,23)/b15-10-. The molecule has 1 fully saturated rings. The maximum Gasteiger partial charge on any atom is 0.266 e. The third kappa shape index (κ3) is 4.06. The lowest BCUT2D eigenvalue weighted by molar-refractivity contribution is -0.126. The second-order valence-corrected chi connectivity index (χ2v) is 8.29. The number of aromatic nitrogens is 1. The van der Waals surface area contributed by atoms with Crippen LogP contribution in [0.3, 0.4) is 0 Å². The van der Waals surface area contributed by atoms with Crippen molar-refractivity contribution in [1.82, 2.24) is 9.88 Å². The van der Waals surface area contributed by atoms with Gasteiger partial charge in [0, 0.05) is 23.2 Å². The van der Waals surface area contributed by atoms with Gasteiger partial charge < -0.3 is 9.73 Å². The molecule has 1 saturated heterocycles. The molecule has 0 atom stereocenters. The van der Waals surface area contributed by atoms with Crippen molar-refractivity contribution < 1.29 is 14.0 Å². The Balaban J connectivity index is 1.46. The number of hydrogen-bond donors (Lipinski definition) is 1. The third-order valence-electron chi connectivity index (χ3n) is 3.81. The van der Waals surface area contributed by atoms with Crippen LogP contribution in [0.2, 0.25) is 0 Å². The van der Waals surface area contributed by atoms with Crippen molar-refractivity contribution >= 4 is 62.7 Å². The van der Waals surface area contributed by atoms with Crippen molar-refractivity contribution in [2.24, 2.45) is 0 Å². The maximum atomic E-state index is 12.6. The number of nitrogens with one attached hydrogen (secondary N) is 1. The minimum absolute atomic E-state index is 0.158. The van der Waals surface area contributed by atoms with Crippen LogP contribution in [-0.4, -0.2) is 32.6 Å². The number of hydrogen-bond acceptors (Lipinski definition) is 7. The topological polar surface area (TPSA) is 75.4 Å². The van der Waals surface area contributed by atoms with Gasteiger partial charge in [0.1, 0.15) is 22.4 Å². The maximum absolute atomic E-state index is 12.6. The molecule has 1 aliphatic heterocycles. The summed E-state index contributed by atoms with van der Waals surface area (Å²) in [6, 6.07) is 13.3. The number of thiazole rings is 1. The van der Waals surface area contributed by atoms with Crippen LogP contribution >= 0.6 is 35.3 Å². The zero-order valence-corrected chi connectivity index (χ0v) is 16.8. The molecule has 3 heterocycles. The van der Waals surface area contributed by atoms with Gasteiger partial charge in [-0.05, 0) is 12.1 Å². The highest BCUT2D eigenvalue weighted by Crippen LogP contribution is 2.33. The molecule has 4 rings (SSSR count). The highest BCUT2D eigenvalue weighted by molar-refractivity contribution is 8.26. The van der Waals surface area contributed by atoms with E-state index in [2.05, 4.69) is 10.3 Å². The van der Waals surface area contributed by atoms with Crippen LogP contribution in [0.1, 0.15) is 5.76 Å². The summed E-state index contributed by atoms with van der Waals surface area (Å²) in [5.74, 6) is 0.593. The second-order valence-electron chi connectivity index (χ2n) is 5.72. The SMILES string of the molecule is O=C(CN1C(=O)/C(=C/c2ccc(-c3ccccc3)o2)SC1=S)Nc1nccs1. The quantitative estimate of drug-likeness (QED) is 0.485. The average molecular weight is 428 g/mol. The Bertz CT molecular complexity index is 1060. The van der Waals surface area contributed by atoms with Gasteiger partial charge in [0.15, 0.2) is 5.13 Å². The van der Waals surface area contributed by atoms with Crippen LogP contribution < -0.4 is 5.32 Å². The number of anilines is 1. The molecule has 9 heteroatoms. The number of rotatable bonds is 5. The lowest BCUT2D eigenvalue weighted by Crippen LogP contribution is -2.36. The van der Waals surface area contributed by atoms with Crippen molar-refractivity contribution in [1.29, 1.82) is 0 Å². The molecule has 2 aromatic heterocycles. The zero-order valence-electron chi connectivity index (χ0n) is 14.3. The number of furan rings is 1. The van der Waals surface area contributed by atoms with Crippen LogP contribution in [-0.2, 0) is 9.59 Å². The van der Waals surface area contributed by atoms with Crippen molar-refractivity contribution in [3.8, 4) is 11.3 Å². The first-order valence-electron chi connectivity index (χ1n) is 8.20. The van der Waals surface area contributed by atoms with E-state index in [1.54, 1.807) is 23.7 Å². The summed E-state index contributed by atoms with van der Waals surface area (Å²) < 4.78 is 6.15. The summed E-state index contributed by atoms with van der Waals surface area (Å²) in [6.07, 6.45) is 3.24. The van der Waals surface area contributed by atoms with Crippen LogP contribution in [0.4, 0.5) is 5.13 Å². The first-order valence-corrected chi connectivity index (χ1v) is 10.3. The van der Waals surface area contributed by atoms with Gasteiger partial charge in [-0.3, -0.25) is 14.5 Å². The lowest BCUT2D eigenvalue weighted by Gasteiger charge is -2.13. The predicted octanol–water partition coefficient (Wildman–Crippen LogP) is 4.24. The number of carbonyl (C=O) groups is 2. The Morgan fingerprint density at radius 3 is 2.82 bits per heavy atom. The van der Waals surface area contributed by atoms with Gasteiger partial charge in [0.25, 0.3) is 5.91 Å². The molecular weight excluding hydrogens is 414 g/mol. The Labute approximate surface area is 174 Å². The van der Waals surface area contributed by atoms with Crippen LogP contribution in [0.5, 0.6) is 0 Å². The highest BCUT2D eigenvalue weighted by atomic mass is 32.2. The first kappa shape index (κ1) is 18.6. The molecular formula is C19H13N3O3S3. The molecule has 0 bridgehead atoms. The highest BCUT2D eigenvalue weighted by Gasteiger charge is 2.33. The van der Waals surface area contributed by atoms with E-state index >= 15 is 0 Å². The van der Waals surface area contributed by atoms with E-state index in [-0.39, 0.29) is 18.4 Å². The second kappa shape index (κ2) is 8.09. The number of carbonyl (C=O) groups excluding carboxylic acids is 2. The summed E-state index contributed by atoms with van der Waals surface area (Å²) >= 11 is 7.72. The summed E-state index contributed by atoms with van der Waals surface area (Å²) in [6.45, 7) is -0.158. The molecule has 140 valence electrons. The van der Waals surface area contributed by atoms with E-state index in [0.717, 1.165) is 17.3 Å². The Morgan fingerprint density at radius 1 is 1.25 bits per heavy atom. The number of nitrogens with zero attached hydrogens (tertiary/aromatic N) is 2. The molecule has 0 aliphatic carbocycles. The Morgan fingerprint density at radius 2 is 2.07 bits per heavy atom. The molecule has 6 nitrogen and oxygen atoms in total. The van der Waals surface area contributed by atoms with E-state index in [0.29, 0.717) is 25.9 Å². The molecule has 1 aromatic carbocycles. The van der Waals surface area contributed by atoms with Crippen molar-refractivity contribution in [2.45, 2.75) is 0 Å². The smallest absolute Gasteiger partial charge is 0.266 e. The molecule has 28 heavy (non-hydrogen) atoms. The molecule has 0 spiro atoms. The van der Waals surface area contributed by atoms with Gasteiger partial charge in [0.05, 0.1) is 4.91 Å². The number of thiocarbonyl (C=S) groups is 1. The summed E-state index contributed by atoms with van der Waals surface area (Å²) in [5.41, 5.74) is 0.952. The van der Waals surface area contributed by atoms with Crippen molar-refractivity contribution in [3.63, 3.8) is 0 Å². The van der Waals surface area contributed by atoms with E-state index in [4.69, 9.17) is 16.6 Å². The lowest BCUT2D eigenvalue weighted by atomic mass is 10.2. The molecule has 1 aliphatic rings. The fourth-order valence-corrected chi connectivity index (χ4v) is 4.32. The zero-order chi connectivity index (χ0) is 19.5. The number of amides is 2. The Hall–Kier alpha value is -2.75. The van der Waals surface area contributed by atoms with Gasteiger partial charge >= 0.3 is 0 Å². The molecule has 0 saturated carbocycles. The van der Waals surface area contributed by atoms with Gasteiger partial charge in [-0.15, -0.1) is 11.3 Å². The fraction of sp³-hybridized carbons (Fsp3) is 0.0526. The van der Waals surface area contributed by atoms with E-state index in [1.165, 1.54) is 16.2 Å². The van der Waals surface area contributed by atoms with Gasteiger partial charge in [-0.2, -0.15) is 0 Å². The van der Waals surface area contributed by atoms with Gasteiger partial charge in [0.2, 0.25) is 5.91 Å². The normalized spacial score (nSPS) is 15.4. The Kier molecular flexibility index (Phi) is 5.38. The van der Waals surface area contributed by atoms with Crippen molar-refractivity contribution in [3.05, 3.63) is 64.7 Å². The first-order chi connectivity index (χ1) is 13.6. The largest absolute Gasteiger partial charge is 0.457 e. The third-order valence-corrected chi connectivity index (χ3v) is 5.88. The summed E-state index contributed by atoms with van der Waals surface area (Å²) in [4.78, 5) is 30.5. The molecule has 0 unspecified atom stereocenters. The monoisotopic (exact) mass is 427 g/mol. The molecule has 3 aromatic rings. The van der Waals surface area contributed by atoms with E-state index in [1.807, 2.05) is 36.4 Å². The minimum Gasteiger partial charge on any atom is -0.457 e. The number of thioether (sulfide) groups is 1. The van der Waals surface area contributed by atoms with Crippen LogP contribution in [0.25, 0.3) is 17.4 Å². The molecule has 2 amide bonds. The van der Waals surface area contributed by atoms with Crippen LogP contribution in [0.15, 0.2) is 63.4 Å². The van der Waals surface area contributed by atoms with E-state index < -0.39 is 0 Å². The van der Waals surface area contributed by atoms with Crippen LogP contribution in [0, 0.1) is 0 Å². The molecule has 0 radical (unpaired) electrons. The molecule has 1 N–H and O–H groups in total. The number of benzene rings is 1. The van der Waals surface area contributed by atoms with E-state index in [9.17, 15) is 9.59 Å². The minimum atomic E-state index is -0.350. The summed E-state index contributed by atoms with van der Waals surface area (Å²) in [7, 11) is 0. The van der Waals surface area contributed by atoms with Crippen molar-refractivity contribution in [2.75, 3.05) is 11.9 Å². The van der Waals surface area contributed by atoms with Gasteiger partial charge in [-0.1, -0.05) is 54.3 Å². The predicted molar refractivity (Wildman–Crippen MR) is 115 cm³/mol. The average Bonchev–Trinajstić information content (AvgIpc) is 3.42. The summed E-state index contributed by atoms with van der Waals surface area (Å²) in [5, 5.41) is 4.88. The van der Waals surface area contributed by atoms with Gasteiger partial charge in [-0.25, -0.2) is 4.98 Å². The fourth-order valence-electron chi connectivity index (χ4n) is 2.54.